The Balaban J connectivity index is 1.07. The summed E-state index contributed by atoms with van der Waals surface area (Å²) < 4.78 is 2.03. The number of rotatable bonds is 7. The van der Waals surface area contributed by atoms with E-state index in [4.69, 9.17) is 0 Å². The molecule has 5 aromatic rings. The highest BCUT2D eigenvalue weighted by Gasteiger charge is 2.25. The molecule has 2 aromatic carbocycles. The molecule has 2 aliphatic rings. The van der Waals surface area contributed by atoms with E-state index in [1.165, 1.54) is 35.3 Å². The van der Waals surface area contributed by atoms with Gasteiger partial charge >= 0.3 is 0 Å². The van der Waals surface area contributed by atoms with Gasteiger partial charge in [-0.25, -0.2) is 9.97 Å². The SMILES string of the molecule is O=C(/C=C/CN1CCCCC1)N1CCc2c(sc3ncnc(Nc4ccc5c(cnn5Cc5ccccc5)c4)c23)C1. The zero-order valence-corrected chi connectivity index (χ0v) is 23.8. The normalized spacial score (nSPS) is 16.0. The van der Waals surface area contributed by atoms with Crippen LogP contribution in [0.1, 0.15) is 35.3 Å². The summed E-state index contributed by atoms with van der Waals surface area (Å²) in [7, 11) is 0. The molecule has 1 amide bonds. The van der Waals surface area contributed by atoms with Crippen LogP contribution in [0.5, 0.6) is 0 Å². The molecule has 5 heterocycles. The molecule has 7 rings (SSSR count). The highest BCUT2D eigenvalue weighted by atomic mass is 32.1. The Labute approximate surface area is 243 Å². The average Bonchev–Trinajstić information content (AvgIpc) is 3.59. The van der Waals surface area contributed by atoms with Crippen molar-refractivity contribution in [1.29, 1.82) is 0 Å². The van der Waals surface area contributed by atoms with Crippen molar-refractivity contribution in [3.8, 4) is 0 Å². The lowest BCUT2D eigenvalue weighted by molar-refractivity contribution is -0.126. The van der Waals surface area contributed by atoms with Gasteiger partial charge in [0, 0.05) is 35.1 Å². The van der Waals surface area contributed by atoms with Crippen LogP contribution in [-0.4, -0.2) is 61.6 Å². The maximum Gasteiger partial charge on any atom is 0.246 e. The zero-order chi connectivity index (χ0) is 27.6. The Kier molecular flexibility index (Phi) is 7.21. The molecule has 0 radical (unpaired) electrons. The van der Waals surface area contributed by atoms with Gasteiger partial charge in [0.15, 0.2) is 0 Å². The number of likely N-dealkylation sites (tertiary alicyclic amines) is 1. The van der Waals surface area contributed by atoms with Crippen LogP contribution in [0.3, 0.4) is 0 Å². The van der Waals surface area contributed by atoms with Crippen molar-refractivity contribution >= 4 is 49.9 Å². The third-order valence-corrected chi connectivity index (χ3v) is 9.23. The average molecular weight is 564 g/mol. The van der Waals surface area contributed by atoms with Gasteiger partial charge in [0.2, 0.25) is 5.91 Å². The summed E-state index contributed by atoms with van der Waals surface area (Å²) >= 11 is 1.67. The van der Waals surface area contributed by atoms with Gasteiger partial charge in [-0.2, -0.15) is 5.10 Å². The lowest BCUT2D eigenvalue weighted by Gasteiger charge is -2.27. The van der Waals surface area contributed by atoms with Crippen LogP contribution in [0.25, 0.3) is 21.1 Å². The number of aromatic nitrogens is 4. The van der Waals surface area contributed by atoms with Crippen molar-refractivity contribution in [3.05, 3.63) is 89.2 Å². The number of hydrogen-bond acceptors (Lipinski definition) is 7. The molecule has 0 unspecified atom stereocenters. The fourth-order valence-electron chi connectivity index (χ4n) is 5.94. The third kappa shape index (κ3) is 5.47. The van der Waals surface area contributed by atoms with Gasteiger partial charge in [0.1, 0.15) is 17.0 Å². The molecule has 0 spiro atoms. The second-order valence-electron chi connectivity index (χ2n) is 10.9. The predicted molar refractivity (Wildman–Crippen MR) is 165 cm³/mol. The number of hydrogen-bond donors (Lipinski definition) is 1. The van der Waals surface area contributed by atoms with Crippen LogP contribution in [-0.2, 0) is 24.3 Å². The summed E-state index contributed by atoms with van der Waals surface area (Å²) in [5, 5.41) is 10.3. The first-order valence-electron chi connectivity index (χ1n) is 14.4. The van der Waals surface area contributed by atoms with Gasteiger partial charge < -0.3 is 10.2 Å². The highest BCUT2D eigenvalue weighted by Crippen LogP contribution is 2.38. The number of amides is 1. The van der Waals surface area contributed by atoms with Crippen LogP contribution in [0, 0.1) is 0 Å². The molecular weight excluding hydrogens is 530 g/mol. The van der Waals surface area contributed by atoms with E-state index in [2.05, 4.69) is 67.7 Å². The predicted octanol–water partition coefficient (Wildman–Crippen LogP) is 5.76. The quantitative estimate of drug-likeness (QED) is 0.254. The van der Waals surface area contributed by atoms with Crippen molar-refractivity contribution in [2.75, 3.05) is 31.5 Å². The Morgan fingerprint density at radius 1 is 1.02 bits per heavy atom. The second-order valence-corrected chi connectivity index (χ2v) is 11.9. The molecule has 9 heteroatoms. The summed E-state index contributed by atoms with van der Waals surface area (Å²) in [5.41, 5.74) is 4.53. The topological polar surface area (TPSA) is 79.2 Å². The number of carbonyl (C=O) groups excluding carboxylic acids is 1. The number of thiophene rings is 1. The molecule has 2 aliphatic heterocycles. The number of anilines is 2. The van der Waals surface area contributed by atoms with Crippen molar-refractivity contribution in [3.63, 3.8) is 0 Å². The van der Waals surface area contributed by atoms with E-state index in [-0.39, 0.29) is 5.91 Å². The van der Waals surface area contributed by atoms with Gasteiger partial charge in [0.05, 0.1) is 30.2 Å². The van der Waals surface area contributed by atoms with Crippen LogP contribution in [0.4, 0.5) is 11.5 Å². The Hall–Kier alpha value is -4.08. The fraction of sp³-hybridized carbons (Fsp3) is 0.312. The van der Waals surface area contributed by atoms with Gasteiger partial charge in [-0.1, -0.05) is 42.8 Å². The Bertz CT molecular complexity index is 1720. The van der Waals surface area contributed by atoms with E-state index < -0.39 is 0 Å². The molecule has 0 atom stereocenters. The van der Waals surface area contributed by atoms with E-state index in [0.717, 1.165) is 65.2 Å². The fourth-order valence-corrected chi connectivity index (χ4v) is 7.15. The molecule has 41 heavy (non-hydrogen) atoms. The van der Waals surface area contributed by atoms with Crippen molar-refractivity contribution < 1.29 is 4.79 Å². The monoisotopic (exact) mass is 563 g/mol. The number of carbonyl (C=O) groups is 1. The van der Waals surface area contributed by atoms with Crippen molar-refractivity contribution in [1.82, 2.24) is 29.5 Å². The molecule has 8 nitrogen and oxygen atoms in total. The smallest absolute Gasteiger partial charge is 0.246 e. The van der Waals surface area contributed by atoms with E-state index in [1.807, 2.05) is 27.9 Å². The molecule has 1 N–H and O–H groups in total. The van der Waals surface area contributed by atoms with Crippen LogP contribution >= 0.6 is 11.3 Å². The van der Waals surface area contributed by atoms with Crippen molar-refractivity contribution in [2.24, 2.45) is 0 Å². The molecule has 1 saturated heterocycles. The molecule has 0 bridgehead atoms. The standard InChI is InChI=1S/C32H33N7OS/c40-29(10-7-16-37-14-5-2-6-15-37)38-17-13-26-28(21-38)41-32-30(26)31(33-22-34-32)36-25-11-12-27-24(18-25)19-35-39(27)20-23-8-3-1-4-9-23/h1,3-4,7-12,18-19,22H,2,5-6,13-17,20-21H2,(H,33,34,36)/b10-7+. The maximum atomic E-state index is 13.0. The molecule has 3 aromatic heterocycles. The molecular formula is C32H33N7OS. The molecule has 208 valence electrons. The summed E-state index contributed by atoms with van der Waals surface area (Å²) in [6.07, 6.45) is 12.0. The highest BCUT2D eigenvalue weighted by molar-refractivity contribution is 7.19. The van der Waals surface area contributed by atoms with E-state index in [0.29, 0.717) is 13.1 Å². The Morgan fingerprint density at radius 2 is 1.90 bits per heavy atom. The first kappa shape index (κ1) is 25.9. The van der Waals surface area contributed by atoms with Gasteiger partial charge in [-0.3, -0.25) is 14.4 Å². The minimum Gasteiger partial charge on any atom is -0.340 e. The molecule has 0 aliphatic carbocycles. The minimum absolute atomic E-state index is 0.0932. The Morgan fingerprint density at radius 3 is 2.78 bits per heavy atom. The lowest BCUT2D eigenvalue weighted by atomic mass is 10.0. The summed E-state index contributed by atoms with van der Waals surface area (Å²) in [6.45, 7) is 5.19. The number of nitrogens with one attached hydrogen (secondary N) is 1. The minimum atomic E-state index is 0.0932. The maximum absolute atomic E-state index is 13.0. The number of piperidine rings is 1. The van der Waals surface area contributed by atoms with E-state index in [9.17, 15) is 4.79 Å². The van der Waals surface area contributed by atoms with Crippen molar-refractivity contribution in [2.45, 2.75) is 38.8 Å². The van der Waals surface area contributed by atoms with Crippen LogP contribution in [0.2, 0.25) is 0 Å². The summed E-state index contributed by atoms with van der Waals surface area (Å²) in [6, 6.07) is 16.7. The number of fused-ring (bicyclic) bond motifs is 4. The zero-order valence-electron chi connectivity index (χ0n) is 23.0. The van der Waals surface area contributed by atoms with Gasteiger partial charge in [-0.15, -0.1) is 11.3 Å². The first-order valence-corrected chi connectivity index (χ1v) is 15.2. The number of benzene rings is 2. The van der Waals surface area contributed by atoms with Crippen LogP contribution < -0.4 is 5.32 Å². The summed E-state index contributed by atoms with van der Waals surface area (Å²) in [5.74, 6) is 0.903. The first-order chi connectivity index (χ1) is 20.2. The van der Waals surface area contributed by atoms with Gasteiger partial charge in [0.25, 0.3) is 0 Å². The van der Waals surface area contributed by atoms with Crippen LogP contribution in [0.15, 0.2) is 73.2 Å². The molecule has 0 saturated carbocycles. The largest absolute Gasteiger partial charge is 0.340 e. The molecule has 1 fully saturated rings. The van der Waals surface area contributed by atoms with E-state index in [1.54, 1.807) is 23.7 Å². The van der Waals surface area contributed by atoms with Gasteiger partial charge in [-0.05, 0) is 61.7 Å². The lowest BCUT2D eigenvalue weighted by Crippen LogP contribution is -2.34. The van der Waals surface area contributed by atoms with E-state index >= 15 is 0 Å². The number of nitrogens with zero attached hydrogens (tertiary/aromatic N) is 6. The summed E-state index contributed by atoms with van der Waals surface area (Å²) in [4.78, 5) is 28.7. The third-order valence-electron chi connectivity index (χ3n) is 8.10. The second kappa shape index (κ2) is 11.4.